The Morgan fingerprint density at radius 2 is 1.86 bits per heavy atom. The maximum atomic E-state index is 12.8. The highest BCUT2D eigenvalue weighted by molar-refractivity contribution is 6.07. The summed E-state index contributed by atoms with van der Waals surface area (Å²) in [6.07, 6.45) is 5.13. The van der Waals surface area contributed by atoms with Crippen LogP contribution in [0.15, 0.2) is 18.2 Å². The molecule has 7 heteroatoms. The fraction of sp³-hybridized carbons (Fsp3) is 0.455. The molecular weight excluding hydrogens is 372 g/mol. The first-order valence-electron chi connectivity index (χ1n) is 10.1. The van der Waals surface area contributed by atoms with Crippen LogP contribution in [0, 0.1) is 13.8 Å². The van der Waals surface area contributed by atoms with Crippen LogP contribution in [0.5, 0.6) is 11.5 Å². The number of nitrogens with one attached hydrogen (secondary N) is 2. The van der Waals surface area contributed by atoms with Crippen molar-refractivity contribution < 1.29 is 23.8 Å². The molecule has 1 aromatic heterocycles. The summed E-state index contributed by atoms with van der Waals surface area (Å²) in [7, 11) is 0. The number of carbonyl (C=O) groups excluding carboxylic acids is 2. The molecule has 1 amide bonds. The van der Waals surface area contributed by atoms with Gasteiger partial charge in [0.15, 0.2) is 11.5 Å². The van der Waals surface area contributed by atoms with E-state index >= 15 is 0 Å². The SMILES string of the molecule is CCOC(=O)c1c(C)[nH]c(C(=O)Nc2ccc3c(c2)OC2(CCCCC2)O3)c1C. The van der Waals surface area contributed by atoms with Gasteiger partial charge in [-0.15, -0.1) is 0 Å². The maximum absolute atomic E-state index is 12.8. The predicted octanol–water partition coefficient (Wildman–Crippen LogP) is 4.49. The van der Waals surface area contributed by atoms with Crippen molar-refractivity contribution in [2.75, 3.05) is 11.9 Å². The van der Waals surface area contributed by atoms with Crippen LogP contribution in [0.25, 0.3) is 0 Å². The van der Waals surface area contributed by atoms with Crippen molar-refractivity contribution in [3.63, 3.8) is 0 Å². The number of aryl methyl sites for hydroxylation is 1. The van der Waals surface area contributed by atoms with Crippen molar-refractivity contribution in [2.24, 2.45) is 0 Å². The number of hydrogen-bond donors (Lipinski definition) is 2. The standard InChI is InChI=1S/C22H26N2O5/c1-4-27-21(26)18-13(2)19(23-14(18)3)20(25)24-15-8-9-16-17(12-15)29-22(28-16)10-6-5-7-11-22/h8-9,12,23H,4-7,10-11H2,1-3H3,(H,24,25). The van der Waals surface area contributed by atoms with Gasteiger partial charge in [0.2, 0.25) is 0 Å². The molecule has 2 heterocycles. The van der Waals surface area contributed by atoms with Gasteiger partial charge in [0.25, 0.3) is 11.7 Å². The molecule has 2 aliphatic rings. The minimum absolute atomic E-state index is 0.281. The molecule has 1 saturated carbocycles. The van der Waals surface area contributed by atoms with Crippen LogP contribution in [0.1, 0.15) is 71.1 Å². The van der Waals surface area contributed by atoms with Crippen LogP contribution < -0.4 is 14.8 Å². The van der Waals surface area contributed by atoms with E-state index in [4.69, 9.17) is 14.2 Å². The Labute approximate surface area is 169 Å². The summed E-state index contributed by atoms with van der Waals surface area (Å²) in [5.74, 6) is 0.0500. The number of anilines is 1. The van der Waals surface area contributed by atoms with Crippen molar-refractivity contribution in [3.05, 3.63) is 40.7 Å². The van der Waals surface area contributed by atoms with Gasteiger partial charge >= 0.3 is 5.97 Å². The molecule has 0 saturated heterocycles. The number of esters is 1. The quantitative estimate of drug-likeness (QED) is 0.741. The fourth-order valence-corrected chi connectivity index (χ4v) is 4.15. The van der Waals surface area contributed by atoms with Crippen molar-refractivity contribution in [1.82, 2.24) is 4.98 Å². The summed E-state index contributed by atoms with van der Waals surface area (Å²) in [4.78, 5) is 28.0. The molecule has 7 nitrogen and oxygen atoms in total. The minimum atomic E-state index is -0.551. The second kappa shape index (κ2) is 7.46. The van der Waals surface area contributed by atoms with Crippen molar-refractivity contribution >= 4 is 17.6 Å². The zero-order chi connectivity index (χ0) is 20.6. The van der Waals surface area contributed by atoms with Crippen LogP contribution in [-0.2, 0) is 4.74 Å². The Balaban J connectivity index is 1.51. The van der Waals surface area contributed by atoms with Crippen LogP contribution in [0.2, 0.25) is 0 Å². The van der Waals surface area contributed by atoms with E-state index in [0.29, 0.717) is 39.7 Å². The van der Waals surface area contributed by atoms with Gasteiger partial charge in [-0.05, 0) is 51.3 Å². The lowest BCUT2D eigenvalue weighted by molar-refractivity contribution is -0.105. The lowest BCUT2D eigenvalue weighted by atomic mass is 9.94. The molecule has 0 unspecified atom stereocenters. The number of carbonyl (C=O) groups is 2. The minimum Gasteiger partial charge on any atom is -0.462 e. The van der Waals surface area contributed by atoms with Crippen molar-refractivity contribution in [1.29, 1.82) is 0 Å². The number of H-pyrrole nitrogens is 1. The zero-order valence-electron chi connectivity index (χ0n) is 17.0. The number of aromatic amines is 1. The molecule has 154 valence electrons. The smallest absolute Gasteiger partial charge is 0.340 e. The number of benzene rings is 1. The zero-order valence-corrected chi connectivity index (χ0v) is 17.0. The third kappa shape index (κ3) is 3.57. The van der Waals surface area contributed by atoms with E-state index in [2.05, 4.69) is 10.3 Å². The first-order valence-corrected chi connectivity index (χ1v) is 10.1. The number of fused-ring (bicyclic) bond motifs is 1. The molecule has 2 N–H and O–H groups in total. The van der Waals surface area contributed by atoms with Crippen LogP contribution in [-0.4, -0.2) is 29.3 Å². The summed E-state index contributed by atoms with van der Waals surface area (Å²) < 4.78 is 17.3. The first kappa shape index (κ1) is 19.4. The molecule has 1 aromatic carbocycles. The van der Waals surface area contributed by atoms with Gasteiger partial charge in [0, 0.05) is 30.3 Å². The molecule has 0 bridgehead atoms. The van der Waals surface area contributed by atoms with Crippen LogP contribution >= 0.6 is 0 Å². The van der Waals surface area contributed by atoms with Crippen LogP contribution in [0.3, 0.4) is 0 Å². The number of hydrogen-bond acceptors (Lipinski definition) is 5. The number of rotatable bonds is 4. The molecule has 29 heavy (non-hydrogen) atoms. The van der Waals surface area contributed by atoms with Crippen LogP contribution in [0.4, 0.5) is 5.69 Å². The maximum Gasteiger partial charge on any atom is 0.340 e. The van der Waals surface area contributed by atoms with E-state index < -0.39 is 11.8 Å². The number of ether oxygens (including phenoxy) is 3. The Kier molecular flexibility index (Phi) is 4.98. The lowest BCUT2D eigenvalue weighted by Gasteiger charge is -2.31. The highest BCUT2D eigenvalue weighted by Gasteiger charge is 2.42. The van der Waals surface area contributed by atoms with Gasteiger partial charge in [-0.3, -0.25) is 4.79 Å². The predicted molar refractivity (Wildman–Crippen MR) is 108 cm³/mol. The molecule has 0 radical (unpaired) electrons. The van der Waals surface area contributed by atoms with E-state index in [9.17, 15) is 9.59 Å². The summed E-state index contributed by atoms with van der Waals surface area (Å²) in [6.45, 7) is 5.51. The summed E-state index contributed by atoms with van der Waals surface area (Å²) in [6, 6.07) is 5.40. The molecule has 1 spiro atoms. The largest absolute Gasteiger partial charge is 0.462 e. The van der Waals surface area contributed by atoms with E-state index in [-0.39, 0.29) is 12.5 Å². The molecule has 1 fully saturated rings. The topological polar surface area (TPSA) is 89.7 Å². The highest BCUT2D eigenvalue weighted by Crippen LogP contribution is 2.46. The van der Waals surface area contributed by atoms with E-state index in [1.54, 1.807) is 32.9 Å². The number of amides is 1. The second-order valence-corrected chi connectivity index (χ2v) is 7.64. The molecule has 2 aromatic rings. The molecule has 1 aliphatic heterocycles. The second-order valence-electron chi connectivity index (χ2n) is 7.64. The van der Waals surface area contributed by atoms with Crippen molar-refractivity contribution in [2.45, 2.75) is 58.7 Å². The third-order valence-corrected chi connectivity index (χ3v) is 5.55. The Morgan fingerprint density at radius 3 is 2.59 bits per heavy atom. The van der Waals surface area contributed by atoms with Gasteiger partial charge in [-0.25, -0.2) is 4.79 Å². The van der Waals surface area contributed by atoms with Gasteiger partial charge in [-0.1, -0.05) is 6.42 Å². The molecule has 1 aliphatic carbocycles. The Bertz CT molecular complexity index is 956. The van der Waals surface area contributed by atoms with E-state index in [1.165, 1.54) is 6.42 Å². The van der Waals surface area contributed by atoms with Gasteiger partial charge in [0.05, 0.1) is 12.2 Å². The van der Waals surface area contributed by atoms with Crippen molar-refractivity contribution in [3.8, 4) is 11.5 Å². The van der Waals surface area contributed by atoms with E-state index in [0.717, 1.165) is 25.7 Å². The van der Waals surface area contributed by atoms with Gasteiger partial charge < -0.3 is 24.5 Å². The molecular formula is C22H26N2O5. The summed E-state index contributed by atoms with van der Waals surface area (Å²) in [5.41, 5.74) is 2.53. The molecule has 0 atom stereocenters. The lowest BCUT2D eigenvalue weighted by Crippen LogP contribution is -2.40. The Hall–Kier alpha value is -2.96. The number of aromatic nitrogens is 1. The van der Waals surface area contributed by atoms with Gasteiger partial charge in [0.1, 0.15) is 5.69 Å². The average Bonchev–Trinajstić information content (AvgIpc) is 3.18. The third-order valence-electron chi connectivity index (χ3n) is 5.55. The fourth-order valence-electron chi connectivity index (χ4n) is 4.15. The summed E-state index contributed by atoms with van der Waals surface area (Å²) in [5, 5.41) is 2.87. The molecule has 4 rings (SSSR count). The first-order chi connectivity index (χ1) is 13.9. The normalized spacial score (nSPS) is 16.7. The monoisotopic (exact) mass is 398 g/mol. The van der Waals surface area contributed by atoms with Gasteiger partial charge in [-0.2, -0.15) is 0 Å². The van der Waals surface area contributed by atoms with E-state index in [1.807, 2.05) is 6.07 Å². The highest BCUT2D eigenvalue weighted by atomic mass is 16.7. The Morgan fingerprint density at radius 1 is 1.14 bits per heavy atom. The summed E-state index contributed by atoms with van der Waals surface area (Å²) >= 11 is 0. The average molecular weight is 398 g/mol.